The Hall–Kier alpha value is -4.24. The van der Waals surface area contributed by atoms with Crippen LogP contribution in [0.25, 0.3) is 22.0 Å². The number of nitrogens with zero attached hydrogens (tertiary/aromatic N) is 3. The van der Waals surface area contributed by atoms with Crippen LogP contribution < -0.4 is 9.80 Å². The quantitative estimate of drug-likeness (QED) is 0.166. The molecule has 0 saturated carbocycles. The van der Waals surface area contributed by atoms with E-state index in [9.17, 15) is 0 Å². The maximum Gasteiger partial charge on any atom is 3.00 e. The second kappa shape index (κ2) is 13.1. The van der Waals surface area contributed by atoms with Gasteiger partial charge in [-0.3, -0.25) is 0 Å². The van der Waals surface area contributed by atoms with Crippen molar-refractivity contribution in [2.75, 3.05) is 9.80 Å². The van der Waals surface area contributed by atoms with Crippen LogP contribution in [0.3, 0.4) is 0 Å². The minimum absolute atomic E-state index is 0. The fourth-order valence-corrected chi connectivity index (χ4v) is 6.60. The molecule has 0 saturated heterocycles. The maximum absolute atomic E-state index is 4.22. The number of fused-ring (bicyclic) bond motifs is 3. The molecule has 1 aromatic heterocycles. The van der Waals surface area contributed by atoms with Gasteiger partial charge in [-0.15, -0.1) is 77.6 Å². The number of hydrogen-bond donors (Lipinski definition) is 0. The molecule has 0 aliphatic carbocycles. The van der Waals surface area contributed by atoms with E-state index in [0.29, 0.717) is 11.8 Å². The van der Waals surface area contributed by atoms with Gasteiger partial charge in [0.1, 0.15) is 0 Å². The topological polar surface area (TPSA) is 19.4 Å². The van der Waals surface area contributed by atoms with Gasteiger partial charge in [0.15, 0.2) is 0 Å². The van der Waals surface area contributed by atoms with Gasteiger partial charge in [0.2, 0.25) is 0 Å². The molecule has 3 heterocycles. The molecule has 5 aromatic carbocycles. The van der Waals surface area contributed by atoms with Crippen LogP contribution in [0.5, 0.6) is 0 Å². The van der Waals surface area contributed by atoms with E-state index in [-0.39, 0.29) is 25.5 Å². The Morgan fingerprint density at radius 3 is 2.13 bits per heavy atom. The van der Waals surface area contributed by atoms with Gasteiger partial charge in [0, 0.05) is 23.3 Å². The predicted octanol–water partition coefficient (Wildman–Crippen LogP) is 11.5. The van der Waals surface area contributed by atoms with E-state index < -0.39 is 0 Å². The molecule has 6 aromatic rings. The molecule has 2 aliphatic heterocycles. The van der Waals surface area contributed by atoms with Gasteiger partial charge in [-0.25, -0.2) is 0 Å². The Morgan fingerprint density at radius 1 is 0.723 bits per heavy atom. The Labute approximate surface area is 293 Å². The Morgan fingerprint density at radius 2 is 1.45 bits per heavy atom. The summed E-state index contributed by atoms with van der Waals surface area (Å²) in [5, 5.41) is 2.41. The first kappa shape index (κ1) is 32.7. The van der Waals surface area contributed by atoms with Crippen LogP contribution in [-0.4, -0.2) is 4.98 Å². The Kier molecular flexibility index (Phi) is 9.11. The smallest absolute Gasteiger partial charge is 0.488 e. The molecule has 8 rings (SSSR count). The number of benzene rings is 5. The molecule has 2 aliphatic rings. The van der Waals surface area contributed by atoms with E-state index in [4.69, 9.17) is 0 Å². The predicted molar refractivity (Wildman–Crippen MR) is 193 cm³/mol. The fraction of sp³-hybridized carbons (Fsp3) is 0.209. The molecule has 4 heteroatoms. The van der Waals surface area contributed by atoms with Gasteiger partial charge in [-0.2, -0.15) is 0 Å². The van der Waals surface area contributed by atoms with Gasteiger partial charge in [0.05, 0.1) is 0 Å². The third kappa shape index (κ3) is 6.02. The summed E-state index contributed by atoms with van der Waals surface area (Å²) in [5.74, 6) is 0.967. The number of anilines is 4. The van der Waals surface area contributed by atoms with Gasteiger partial charge in [-0.05, 0) is 63.9 Å². The second-order valence-corrected chi connectivity index (χ2v) is 13.4. The molecule has 0 N–H and O–H groups in total. The third-order valence-corrected chi connectivity index (χ3v) is 9.33. The minimum atomic E-state index is -0.107. The van der Waals surface area contributed by atoms with Crippen LogP contribution in [0, 0.1) is 18.8 Å². The summed E-state index contributed by atoms with van der Waals surface area (Å²) in [7, 11) is 0. The molecule has 0 unspecified atom stereocenters. The van der Waals surface area contributed by atoms with Crippen LogP contribution in [-0.2, 0) is 25.5 Å². The van der Waals surface area contributed by atoms with Crippen molar-refractivity contribution < 1.29 is 20.1 Å². The SMILES string of the molecule is CC(C)c1cc(C(C)C)cc(N2[CH-]N3c4[c-]c5ccccc5cc4C(C)(C)c4cccc2c43)c1.[Ir+3].[c-]1ccccc1-c1ccccn1. The van der Waals surface area contributed by atoms with E-state index in [2.05, 4.69) is 142 Å². The van der Waals surface area contributed by atoms with Crippen LogP contribution in [0.4, 0.5) is 22.7 Å². The minimum Gasteiger partial charge on any atom is -0.488 e. The zero-order chi connectivity index (χ0) is 32.0. The first-order valence-electron chi connectivity index (χ1n) is 16.3. The Balaban J connectivity index is 0.000000250. The first-order valence-corrected chi connectivity index (χ1v) is 16.3. The third-order valence-electron chi connectivity index (χ3n) is 9.33. The van der Waals surface area contributed by atoms with Gasteiger partial charge >= 0.3 is 20.1 Å². The van der Waals surface area contributed by atoms with Crippen molar-refractivity contribution in [2.45, 2.75) is 58.8 Å². The molecule has 0 spiro atoms. The maximum atomic E-state index is 4.22. The number of aromatic nitrogens is 1. The van der Waals surface area contributed by atoms with Crippen LogP contribution in [0.15, 0.2) is 115 Å². The van der Waals surface area contributed by atoms with Crippen LogP contribution in [0.2, 0.25) is 0 Å². The largest absolute Gasteiger partial charge is 3.00 e. The summed E-state index contributed by atoms with van der Waals surface area (Å²) in [4.78, 5) is 8.97. The molecule has 47 heavy (non-hydrogen) atoms. The van der Waals surface area contributed by atoms with E-state index >= 15 is 0 Å². The van der Waals surface area contributed by atoms with Gasteiger partial charge in [0.25, 0.3) is 0 Å². The zero-order valence-electron chi connectivity index (χ0n) is 27.9. The standard InChI is InChI=1S/C32H32N2.C11H8N.Ir/c1-20(2)24-14-25(21(3)4)16-26(15-24)33-19-34-30-18-23-11-8-7-10-22(23)17-28(30)32(5,6)27-12-9-13-29(33)31(27)34;1-2-6-10(7-3-1)11-8-4-5-9-12-11;/h7-17,19-21H,1-6H3;1-6,8-9H;/q-2;-1;+3. The molecule has 3 nitrogen and oxygen atoms in total. The van der Waals surface area contributed by atoms with Gasteiger partial charge < -0.3 is 14.8 Å². The number of rotatable bonds is 4. The van der Waals surface area contributed by atoms with E-state index in [0.717, 1.165) is 22.3 Å². The van der Waals surface area contributed by atoms with Gasteiger partial charge in [-0.1, -0.05) is 95.3 Å². The van der Waals surface area contributed by atoms with E-state index in [1.165, 1.54) is 44.7 Å². The molecule has 0 amide bonds. The molecule has 236 valence electrons. The summed E-state index contributed by atoms with van der Waals surface area (Å²) < 4.78 is 0. The fourth-order valence-electron chi connectivity index (χ4n) is 6.60. The number of hydrogen-bond acceptors (Lipinski definition) is 3. The normalized spacial score (nSPS) is 14.0. The summed E-state index contributed by atoms with van der Waals surface area (Å²) in [6, 6.07) is 45.4. The Bertz CT molecular complexity index is 1950. The summed E-state index contributed by atoms with van der Waals surface area (Å²) >= 11 is 0. The van der Waals surface area contributed by atoms with E-state index in [1.807, 2.05) is 42.5 Å². The average molecular weight is 791 g/mol. The summed E-state index contributed by atoms with van der Waals surface area (Å²) in [6.07, 6.45) is 1.79. The first-order chi connectivity index (χ1) is 22.2. The van der Waals surface area contributed by atoms with Crippen molar-refractivity contribution in [2.24, 2.45) is 0 Å². The molecule has 0 radical (unpaired) electrons. The zero-order valence-corrected chi connectivity index (χ0v) is 30.3. The molecule has 0 atom stereocenters. The summed E-state index contributed by atoms with van der Waals surface area (Å²) in [5.41, 5.74) is 12.3. The molecule has 0 bridgehead atoms. The van der Waals surface area contributed by atoms with Crippen molar-refractivity contribution in [3.05, 3.63) is 156 Å². The van der Waals surface area contributed by atoms with Crippen molar-refractivity contribution in [3.8, 4) is 11.3 Å². The summed E-state index contributed by atoms with van der Waals surface area (Å²) in [6.45, 7) is 16.1. The number of pyridine rings is 1. The number of para-hydroxylation sites is 1. The van der Waals surface area contributed by atoms with Crippen molar-refractivity contribution >= 4 is 33.5 Å². The molecule has 0 fully saturated rings. The van der Waals surface area contributed by atoms with Crippen molar-refractivity contribution in [1.82, 2.24) is 4.98 Å². The average Bonchev–Trinajstić information content (AvgIpc) is 3.48. The molecular formula is C43H40IrN3. The van der Waals surface area contributed by atoms with E-state index in [1.54, 1.807) is 6.20 Å². The van der Waals surface area contributed by atoms with Crippen molar-refractivity contribution in [1.29, 1.82) is 0 Å². The second-order valence-electron chi connectivity index (χ2n) is 13.4. The van der Waals surface area contributed by atoms with Crippen LogP contribution >= 0.6 is 0 Å². The van der Waals surface area contributed by atoms with Crippen molar-refractivity contribution in [3.63, 3.8) is 0 Å². The molecular weight excluding hydrogens is 751 g/mol. The van der Waals surface area contributed by atoms with Crippen LogP contribution in [0.1, 0.15) is 75.6 Å². The monoisotopic (exact) mass is 791 g/mol.